The summed E-state index contributed by atoms with van der Waals surface area (Å²) in [7, 11) is 0. The Morgan fingerprint density at radius 3 is 1.65 bits per heavy atom. The highest BCUT2D eigenvalue weighted by Crippen LogP contribution is 2.37. The summed E-state index contributed by atoms with van der Waals surface area (Å²) in [6, 6.07) is 3.07. The Morgan fingerprint density at radius 2 is 1.18 bits per heavy atom. The number of hydrogen-bond acceptors (Lipinski definition) is 14. The lowest BCUT2D eigenvalue weighted by Crippen LogP contribution is -2.60. The zero-order valence-corrected chi connectivity index (χ0v) is 17.0. The second kappa shape index (κ2) is 9.48. The maximum absolute atomic E-state index is 12.5. The van der Waals surface area contributed by atoms with Gasteiger partial charge < -0.3 is 60.2 Å². The zero-order valence-electron chi connectivity index (χ0n) is 17.0. The molecule has 34 heavy (non-hydrogen) atoms. The number of phenolic OH excluding ortho intramolecular Hbond substituents is 6. The van der Waals surface area contributed by atoms with E-state index in [2.05, 4.69) is 0 Å². The fraction of sp³-hybridized carbons (Fsp3) is 0.300. The maximum Gasteiger partial charge on any atom is 0.338 e. The van der Waals surface area contributed by atoms with Crippen LogP contribution in [-0.4, -0.2) is 95.2 Å². The number of esters is 2. The zero-order chi connectivity index (χ0) is 25.3. The topological polar surface area (TPSA) is 244 Å². The summed E-state index contributed by atoms with van der Waals surface area (Å²) in [6.07, 6.45) is -9.11. The fourth-order valence-electron chi connectivity index (χ4n) is 3.08. The van der Waals surface area contributed by atoms with E-state index in [1.165, 1.54) is 0 Å². The molecule has 1 aliphatic heterocycles. The van der Waals surface area contributed by atoms with Crippen molar-refractivity contribution in [2.75, 3.05) is 6.61 Å². The van der Waals surface area contributed by atoms with E-state index in [-0.39, 0.29) is 0 Å². The van der Waals surface area contributed by atoms with Crippen molar-refractivity contribution >= 4 is 11.9 Å². The average Bonchev–Trinajstić information content (AvgIpc) is 2.79. The molecule has 1 fully saturated rings. The van der Waals surface area contributed by atoms with Gasteiger partial charge in [0.1, 0.15) is 24.9 Å². The van der Waals surface area contributed by atoms with Gasteiger partial charge in [0.2, 0.25) is 0 Å². The van der Waals surface area contributed by atoms with Crippen LogP contribution < -0.4 is 0 Å². The molecule has 14 nitrogen and oxygen atoms in total. The number of carbonyl (C=O) groups is 2. The predicted molar refractivity (Wildman–Crippen MR) is 105 cm³/mol. The second-order valence-corrected chi connectivity index (χ2v) is 7.24. The lowest BCUT2D eigenvalue weighted by Gasteiger charge is -2.39. The normalized spacial score (nSPS) is 24.4. The number of carbonyl (C=O) groups excluding carboxylic acids is 2. The molecule has 0 amide bonds. The number of rotatable bonds is 5. The first-order chi connectivity index (χ1) is 15.9. The first-order valence-electron chi connectivity index (χ1n) is 9.48. The van der Waals surface area contributed by atoms with Crippen LogP contribution in [0.4, 0.5) is 0 Å². The third-order valence-electron chi connectivity index (χ3n) is 4.89. The number of ether oxygens (including phenoxy) is 3. The molecule has 0 spiro atoms. The van der Waals surface area contributed by atoms with Gasteiger partial charge in [0.25, 0.3) is 0 Å². The lowest BCUT2D eigenvalue weighted by atomic mass is 9.99. The Hall–Kier alpha value is -3.98. The van der Waals surface area contributed by atoms with Crippen LogP contribution in [-0.2, 0) is 14.2 Å². The smallest absolute Gasteiger partial charge is 0.338 e. The Labute approximate surface area is 189 Å². The Morgan fingerprint density at radius 1 is 0.735 bits per heavy atom. The highest BCUT2D eigenvalue weighted by atomic mass is 16.7. The Balaban J connectivity index is 1.77. The highest BCUT2D eigenvalue weighted by Gasteiger charge is 2.47. The van der Waals surface area contributed by atoms with Gasteiger partial charge in [0, 0.05) is 0 Å². The minimum Gasteiger partial charge on any atom is -0.504 e. The van der Waals surface area contributed by atoms with Crippen LogP contribution in [0.5, 0.6) is 34.5 Å². The van der Waals surface area contributed by atoms with Gasteiger partial charge in [-0.3, -0.25) is 0 Å². The molecule has 0 saturated carbocycles. The number of hydrogen-bond donors (Lipinski definition) is 9. The molecule has 184 valence electrons. The van der Waals surface area contributed by atoms with Crippen molar-refractivity contribution in [2.24, 2.45) is 0 Å². The Kier molecular flexibility index (Phi) is 6.88. The standard InChI is InChI=1S/C20H20O14/c21-8-1-6(2-9(22)13(8)25)18(29)32-5-12-17(15(27)16(28)20(31)33-12)34-19(30)7-3-10(23)14(26)11(24)4-7/h1-4,12,15-17,20-28,31H,5H2. The van der Waals surface area contributed by atoms with Gasteiger partial charge in [0.05, 0.1) is 11.1 Å². The summed E-state index contributed by atoms with van der Waals surface area (Å²) in [5.41, 5.74) is -0.861. The van der Waals surface area contributed by atoms with Crippen molar-refractivity contribution in [3.63, 3.8) is 0 Å². The van der Waals surface area contributed by atoms with E-state index in [0.29, 0.717) is 0 Å². The van der Waals surface area contributed by atoms with Crippen LogP contribution >= 0.6 is 0 Å². The molecule has 0 radical (unpaired) electrons. The average molecular weight is 484 g/mol. The van der Waals surface area contributed by atoms with Crippen LogP contribution in [0.25, 0.3) is 0 Å². The molecule has 1 saturated heterocycles. The molecular weight excluding hydrogens is 464 g/mol. The molecule has 3 rings (SSSR count). The van der Waals surface area contributed by atoms with Gasteiger partial charge in [-0.2, -0.15) is 0 Å². The van der Waals surface area contributed by atoms with E-state index in [1.54, 1.807) is 0 Å². The predicted octanol–water partition coefficient (Wildman–Crippen LogP) is -1.26. The molecule has 2 aromatic carbocycles. The van der Waals surface area contributed by atoms with Crippen molar-refractivity contribution in [1.29, 1.82) is 0 Å². The molecule has 1 aliphatic rings. The van der Waals surface area contributed by atoms with Gasteiger partial charge in [-0.05, 0) is 24.3 Å². The summed E-state index contributed by atoms with van der Waals surface area (Å²) >= 11 is 0. The third-order valence-corrected chi connectivity index (χ3v) is 4.89. The summed E-state index contributed by atoms with van der Waals surface area (Å²) in [5.74, 6) is -7.52. The minimum absolute atomic E-state index is 0.395. The summed E-state index contributed by atoms with van der Waals surface area (Å²) in [4.78, 5) is 24.7. The van der Waals surface area contributed by atoms with E-state index in [4.69, 9.17) is 14.2 Å². The van der Waals surface area contributed by atoms with E-state index in [0.717, 1.165) is 24.3 Å². The molecule has 0 aliphatic carbocycles. The first-order valence-corrected chi connectivity index (χ1v) is 9.48. The molecule has 1 heterocycles. The van der Waals surface area contributed by atoms with Gasteiger partial charge >= 0.3 is 11.9 Å². The molecule has 2 aromatic rings. The van der Waals surface area contributed by atoms with Crippen molar-refractivity contribution in [3.8, 4) is 34.5 Å². The summed E-state index contributed by atoms with van der Waals surface area (Å²) < 4.78 is 15.1. The maximum atomic E-state index is 12.5. The number of aromatic hydroxyl groups is 6. The van der Waals surface area contributed by atoms with Crippen LogP contribution in [0.15, 0.2) is 24.3 Å². The van der Waals surface area contributed by atoms with Crippen LogP contribution in [0.2, 0.25) is 0 Å². The fourth-order valence-corrected chi connectivity index (χ4v) is 3.08. The van der Waals surface area contributed by atoms with Crippen LogP contribution in [0, 0.1) is 0 Å². The largest absolute Gasteiger partial charge is 0.504 e. The molecule has 5 atom stereocenters. The van der Waals surface area contributed by atoms with Gasteiger partial charge in [-0.15, -0.1) is 0 Å². The molecular formula is C20H20O14. The quantitative estimate of drug-likeness (QED) is 0.178. The van der Waals surface area contributed by atoms with Gasteiger partial charge in [-0.25, -0.2) is 9.59 Å². The van der Waals surface area contributed by atoms with Gasteiger partial charge in [0.15, 0.2) is 46.9 Å². The summed E-state index contributed by atoms with van der Waals surface area (Å²) in [5, 5.41) is 86.8. The Bertz CT molecular complexity index is 1050. The van der Waals surface area contributed by atoms with Gasteiger partial charge in [-0.1, -0.05) is 0 Å². The van der Waals surface area contributed by atoms with Crippen molar-refractivity contribution in [1.82, 2.24) is 0 Å². The summed E-state index contributed by atoms with van der Waals surface area (Å²) in [6.45, 7) is -0.772. The van der Waals surface area contributed by atoms with Crippen molar-refractivity contribution in [3.05, 3.63) is 35.4 Å². The van der Waals surface area contributed by atoms with E-state index in [1.807, 2.05) is 0 Å². The number of phenols is 6. The lowest BCUT2D eigenvalue weighted by molar-refractivity contribution is -0.285. The SMILES string of the molecule is O=C(OCC1OC(O)C(O)C(O)C1OC(=O)c1cc(O)c(O)c(O)c1)c1cc(O)c(O)c(O)c1. The minimum atomic E-state index is -1.96. The molecule has 0 aromatic heterocycles. The highest BCUT2D eigenvalue weighted by molar-refractivity contribution is 5.92. The van der Waals surface area contributed by atoms with Crippen LogP contribution in [0.1, 0.15) is 20.7 Å². The number of aliphatic hydroxyl groups is 3. The third kappa shape index (κ3) is 4.84. The number of benzene rings is 2. The van der Waals surface area contributed by atoms with E-state index >= 15 is 0 Å². The van der Waals surface area contributed by atoms with Crippen molar-refractivity contribution < 1.29 is 69.8 Å². The van der Waals surface area contributed by atoms with Crippen LogP contribution in [0.3, 0.4) is 0 Å². The molecule has 14 heteroatoms. The van der Waals surface area contributed by atoms with Crippen molar-refractivity contribution in [2.45, 2.75) is 30.7 Å². The monoisotopic (exact) mass is 484 g/mol. The van der Waals surface area contributed by atoms with E-state index in [9.17, 15) is 55.5 Å². The number of aliphatic hydroxyl groups excluding tert-OH is 3. The molecule has 0 bridgehead atoms. The molecule has 9 N–H and O–H groups in total. The van der Waals surface area contributed by atoms with E-state index < -0.39 is 94.9 Å². The second-order valence-electron chi connectivity index (χ2n) is 7.24. The first kappa shape index (κ1) is 24.7. The molecule has 5 unspecified atom stereocenters.